The van der Waals surface area contributed by atoms with E-state index in [9.17, 15) is 4.79 Å². The smallest absolute Gasteiger partial charge is 0.226 e. The summed E-state index contributed by atoms with van der Waals surface area (Å²) >= 11 is 3.44. The lowest BCUT2D eigenvalue weighted by Crippen LogP contribution is -2.42. The third-order valence-corrected chi connectivity index (χ3v) is 4.33. The molecule has 1 fully saturated rings. The molecule has 21 heavy (non-hydrogen) atoms. The first-order valence-corrected chi connectivity index (χ1v) is 8.39. The predicted molar refractivity (Wildman–Crippen MR) is 87.5 cm³/mol. The second-order valence-corrected chi connectivity index (χ2v) is 6.12. The highest BCUT2D eigenvalue weighted by Crippen LogP contribution is 2.23. The summed E-state index contributed by atoms with van der Waals surface area (Å²) in [6, 6.07) is 8.05. The molecule has 4 nitrogen and oxygen atoms in total. The highest BCUT2D eigenvalue weighted by molar-refractivity contribution is 9.10. The molecule has 1 aromatic carbocycles. The highest BCUT2D eigenvalue weighted by Gasteiger charge is 2.25. The van der Waals surface area contributed by atoms with E-state index in [0.29, 0.717) is 19.1 Å². The Morgan fingerprint density at radius 1 is 1.48 bits per heavy atom. The number of ether oxygens (including phenoxy) is 1. The van der Waals surface area contributed by atoms with Gasteiger partial charge in [-0.05, 0) is 47.4 Å². The van der Waals surface area contributed by atoms with E-state index in [1.807, 2.05) is 29.2 Å². The number of hydrogen-bond acceptors (Lipinski definition) is 3. The predicted octanol–water partition coefficient (Wildman–Crippen LogP) is 2.82. The maximum absolute atomic E-state index is 12.4. The minimum absolute atomic E-state index is 0.192. The molecule has 1 aliphatic rings. The molecule has 1 unspecified atom stereocenters. The van der Waals surface area contributed by atoms with E-state index in [0.717, 1.165) is 42.7 Å². The number of nitrogens with one attached hydrogen (secondary N) is 1. The van der Waals surface area contributed by atoms with Crippen LogP contribution in [0.5, 0.6) is 5.75 Å². The van der Waals surface area contributed by atoms with Crippen molar-refractivity contribution in [2.45, 2.75) is 32.2 Å². The normalized spacial score (nSPS) is 17.7. The van der Waals surface area contributed by atoms with Crippen LogP contribution in [0.25, 0.3) is 0 Å². The van der Waals surface area contributed by atoms with Gasteiger partial charge in [-0.1, -0.05) is 19.1 Å². The van der Waals surface area contributed by atoms with Gasteiger partial charge in [0.1, 0.15) is 5.75 Å². The molecule has 0 bridgehead atoms. The molecular weight excluding hydrogens is 332 g/mol. The van der Waals surface area contributed by atoms with Crippen molar-refractivity contribution < 1.29 is 9.53 Å². The van der Waals surface area contributed by atoms with Crippen molar-refractivity contribution in [1.82, 2.24) is 10.2 Å². The lowest BCUT2D eigenvalue weighted by atomic mass is 10.2. The fourth-order valence-corrected chi connectivity index (χ4v) is 3.01. The van der Waals surface area contributed by atoms with Crippen molar-refractivity contribution in [2.75, 3.05) is 26.2 Å². The fourth-order valence-electron chi connectivity index (χ4n) is 2.61. The van der Waals surface area contributed by atoms with Gasteiger partial charge in [-0.15, -0.1) is 0 Å². The van der Waals surface area contributed by atoms with Gasteiger partial charge in [-0.3, -0.25) is 4.79 Å². The number of para-hydroxylation sites is 1. The summed E-state index contributed by atoms with van der Waals surface area (Å²) in [6.07, 6.45) is 2.47. The first-order chi connectivity index (χ1) is 10.2. The van der Waals surface area contributed by atoms with Crippen molar-refractivity contribution in [3.8, 4) is 5.75 Å². The Bertz CT molecular complexity index is 461. The number of carbonyl (C=O) groups is 1. The number of hydrogen-bond donors (Lipinski definition) is 1. The Morgan fingerprint density at radius 3 is 2.95 bits per heavy atom. The molecule has 0 saturated carbocycles. The first-order valence-electron chi connectivity index (χ1n) is 7.60. The van der Waals surface area contributed by atoms with Crippen molar-refractivity contribution in [3.05, 3.63) is 28.7 Å². The first kappa shape index (κ1) is 16.3. The Labute approximate surface area is 135 Å². The summed E-state index contributed by atoms with van der Waals surface area (Å²) in [5, 5.41) is 3.32. The maximum atomic E-state index is 12.4. The molecule has 1 aromatic rings. The van der Waals surface area contributed by atoms with Crippen LogP contribution in [0.3, 0.4) is 0 Å². The number of carbonyl (C=O) groups excluding carboxylic acids is 1. The molecule has 1 atom stereocenters. The van der Waals surface area contributed by atoms with Crippen LogP contribution in [-0.4, -0.2) is 43.1 Å². The fraction of sp³-hybridized carbons (Fsp3) is 0.562. The highest BCUT2D eigenvalue weighted by atomic mass is 79.9. The molecule has 5 heteroatoms. The Morgan fingerprint density at radius 2 is 2.29 bits per heavy atom. The van der Waals surface area contributed by atoms with E-state index >= 15 is 0 Å². The van der Waals surface area contributed by atoms with Gasteiger partial charge in [-0.2, -0.15) is 0 Å². The molecule has 2 rings (SSSR count). The maximum Gasteiger partial charge on any atom is 0.226 e. The van der Waals surface area contributed by atoms with Crippen LogP contribution in [0.1, 0.15) is 26.2 Å². The van der Waals surface area contributed by atoms with E-state index in [1.54, 1.807) is 0 Å². The summed E-state index contributed by atoms with van der Waals surface area (Å²) in [5.74, 6) is 0.979. The average Bonchev–Trinajstić information content (AvgIpc) is 3.00. The minimum atomic E-state index is 0.192. The minimum Gasteiger partial charge on any atom is -0.492 e. The molecule has 1 heterocycles. The number of rotatable bonds is 7. The molecule has 1 amide bonds. The van der Waals surface area contributed by atoms with Gasteiger partial charge in [0.05, 0.1) is 17.5 Å². The Hall–Kier alpha value is -1.07. The zero-order valence-corrected chi connectivity index (χ0v) is 14.1. The van der Waals surface area contributed by atoms with E-state index in [1.165, 1.54) is 0 Å². The third kappa shape index (κ3) is 4.71. The molecule has 0 aromatic heterocycles. The summed E-state index contributed by atoms with van der Waals surface area (Å²) < 4.78 is 6.61. The molecule has 1 N–H and O–H groups in total. The zero-order chi connectivity index (χ0) is 15.1. The molecule has 0 spiro atoms. The van der Waals surface area contributed by atoms with Crippen LogP contribution in [0, 0.1) is 0 Å². The molecule has 1 aliphatic heterocycles. The van der Waals surface area contributed by atoms with Crippen LogP contribution in [0.4, 0.5) is 0 Å². The summed E-state index contributed by atoms with van der Waals surface area (Å²) in [4.78, 5) is 14.4. The van der Waals surface area contributed by atoms with E-state index in [2.05, 4.69) is 28.2 Å². The Kier molecular flexibility index (Phi) is 6.51. The average molecular weight is 355 g/mol. The van der Waals surface area contributed by atoms with Gasteiger partial charge in [0.2, 0.25) is 5.91 Å². The van der Waals surface area contributed by atoms with Gasteiger partial charge in [0.25, 0.3) is 0 Å². The van der Waals surface area contributed by atoms with E-state index < -0.39 is 0 Å². The van der Waals surface area contributed by atoms with Gasteiger partial charge < -0.3 is 15.0 Å². The van der Waals surface area contributed by atoms with Gasteiger partial charge in [-0.25, -0.2) is 0 Å². The second-order valence-electron chi connectivity index (χ2n) is 5.26. The number of nitrogens with zero attached hydrogens (tertiary/aromatic N) is 1. The monoisotopic (exact) mass is 354 g/mol. The summed E-state index contributed by atoms with van der Waals surface area (Å²) in [6.45, 7) is 5.28. The molecule has 116 valence electrons. The van der Waals surface area contributed by atoms with Crippen LogP contribution in [0.2, 0.25) is 0 Å². The van der Waals surface area contributed by atoms with Crippen molar-refractivity contribution in [3.63, 3.8) is 0 Å². The van der Waals surface area contributed by atoms with Gasteiger partial charge in [0, 0.05) is 19.1 Å². The molecular formula is C16H23BrN2O2. The van der Waals surface area contributed by atoms with Crippen molar-refractivity contribution >= 4 is 21.8 Å². The SMILES string of the molecule is CCCN(C(=O)CCOc1ccccc1Br)C1CCNC1. The third-order valence-electron chi connectivity index (χ3n) is 3.67. The lowest BCUT2D eigenvalue weighted by molar-refractivity contribution is -0.133. The van der Waals surface area contributed by atoms with Crippen molar-refractivity contribution in [2.24, 2.45) is 0 Å². The van der Waals surface area contributed by atoms with E-state index in [-0.39, 0.29) is 5.91 Å². The van der Waals surface area contributed by atoms with Crippen molar-refractivity contribution in [1.29, 1.82) is 0 Å². The second kappa shape index (κ2) is 8.39. The van der Waals surface area contributed by atoms with Gasteiger partial charge >= 0.3 is 0 Å². The summed E-state index contributed by atoms with van der Waals surface area (Å²) in [7, 11) is 0. The standard InChI is InChI=1S/C16H23BrN2O2/c1-2-10-19(13-7-9-18-12-13)16(20)8-11-21-15-6-4-3-5-14(15)17/h3-6,13,18H,2,7-12H2,1H3. The number of amides is 1. The van der Waals surface area contributed by atoms with Crippen LogP contribution in [0.15, 0.2) is 28.7 Å². The van der Waals surface area contributed by atoms with Crippen LogP contribution < -0.4 is 10.1 Å². The van der Waals surface area contributed by atoms with E-state index in [4.69, 9.17) is 4.74 Å². The van der Waals surface area contributed by atoms with Gasteiger partial charge in [0.15, 0.2) is 0 Å². The van der Waals surface area contributed by atoms with Crippen LogP contribution >= 0.6 is 15.9 Å². The molecule has 1 saturated heterocycles. The Balaban J connectivity index is 1.83. The summed E-state index contributed by atoms with van der Waals surface area (Å²) in [5.41, 5.74) is 0. The largest absolute Gasteiger partial charge is 0.492 e. The molecule has 0 aliphatic carbocycles. The quantitative estimate of drug-likeness (QED) is 0.818. The number of halogens is 1. The zero-order valence-electron chi connectivity index (χ0n) is 12.5. The van der Waals surface area contributed by atoms with Crippen LogP contribution in [-0.2, 0) is 4.79 Å². The topological polar surface area (TPSA) is 41.6 Å². The number of benzene rings is 1. The lowest BCUT2D eigenvalue weighted by Gasteiger charge is -2.28. The molecule has 0 radical (unpaired) electrons.